The van der Waals surface area contributed by atoms with Gasteiger partial charge in [0.2, 0.25) is 5.91 Å². The Hall–Kier alpha value is -2.69. The number of nitrogens with zero attached hydrogens (tertiary/aromatic N) is 1. The summed E-state index contributed by atoms with van der Waals surface area (Å²) in [6, 6.07) is 13.9. The van der Waals surface area contributed by atoms with E-state index in [1.54, 1.807) is 18.2 Å². The van der Waals surface area contributed by atoms with Gasteiger partial charge in [0.25, 0.3) is 5.69 Å². The largest absolute Gasteiger partial charge is 0.326 e. The van der Waals surface area contributed by atoms with Crippen molar-refractivity contribution in [1.82, 2.24) is 0 Å². The third kappa shape index (κ3) is 4.16. The molecular formula is C18H20N2O3. The molecule has 5 nitrogen and oxygen atoms in total. The molecule has 0 saturated heterocycles. The van der Waals surface area contributed by atoms with Gasteiger partial charge in [0.15, 0.2) is 0 Å². The van der Waals surface area contributed by atoms with Crippen LogP contribution in [0.2, 0.25) is 0 Å². The highest BCUT2D eigenvalue weighted by atomic mass is 16.6. The zero-order valence-electron chi connectivity index (χ0n) is 13.5. The number of nitrogens with one attached hydrogen (secondary N) is 1. The first-order valence-corrected chi connectivity index (χ1v) is 7.40. The van der Waals surface area contributed by atoms with Crippen LogP contribution in [0.1, 0.15) is 31.9 Å². The van der Waals surface area contributed by atoms with Crippen LogP contribution in [0.25, 0.3) is 0 Å². The summed E-state index contributed by atoms with van der Waals surface area (Å²) in [5, 5.41) is 13.9. The summed E-state index contributed by atoms with van der Waals surface area (Å²) in [6.07, 6.45) is -0.0321. The van der Waals surface area contributed by atoms with Gasteiger partial charge in [-0.3, -0.25) is 14.9 Å². The van der Waals surface area contributed by atoms with Crippen LogP contribution in [-0.2, 0) is 16.6 Å². The number of carbonyl (C=O) groups excluding carboxylic acids is 1. The Balaban J connectivity index is 2.20. The number of rotatable bonds is 4. The van der Waals surface area contributed by atoms with Crippen LogP contribution in [0, 0.1) is 10.1 Å². The molecule has 0 aliphatic carbocycles. The van der Waals surface area contributed by atoms with Gasteiger partial charge in [-0.2, -0.15) is 0 Å². The van der Waals surface area contributed by atoms with Gasteiger partial charge in [0.1, 0.15) is 0 Å². The van der Waals surface area contributed by atoms with Crippen molar-refractivity contribution in [3.63, 3.8) is 0 Å². The normalized spacial score (nSPS) is 11.1. The van der Waals surface area contributed by atoms with E-state index in [0.717, 1.165) is 11.3 Å². The summed E-state index contributed by atoms with van der Waals surface area (Å²) in [6.45, 7) is 6.21. The molecule has 0 aliphatic rings. The molecule has 0 radical (unpaired) electrons. The highest BCUT2D eigenvalue weighted by Gasteiger charge is 2.20. The van der Waals surface area contributed by atoms with Gasteiger partial charge in [0, 0.05) is 17.3 Å². The van der Waals surface area contributed by atoms with Crippen molar-refractivity contribution in [2.75, 3.05) is 5.32 Å². The molecule has 2 aromatic rings. The molecule has 0 aliphatic heterocycles. The molecule has 2 rings (SSSR count). The molecule has 120 valence electrons. The quantitative estimate of drug-likeness (QED) is 0.683. The average Bonchev–Trinajstić information content (AvgIpc) is 2.47. The number of nitro groups is 1. The molecule has 0 bridgehead atoms. The monoisotopic (exact) mass is 312 g/mol. The number of anilines is 1. The molecule has 23 heavy (non-hydrogen) atoms. The van der Waals surface area contributed by atoms with Crippen LogP contribution < -0.4 is 5.32 Å². The number of carbonyl (C=O) groups is 1. The van der Waals surface area contributed by atoms with E-state index in [4.69, 9.17) is 0 Å². The Bertz CT molecular complexity index is 733. The molecule has 0 heterocycles. The van der Waals surface area contributed by atoms with Crippen molar-refractivity contribution in [2.45, 2.75) is 32.6 Å². The maximum Gasteiger partial charge on any atom is 0.273 e. The zero-order valence-corrected chi connectivity index (χ0v) is 13.5. The second kappa shape index (κ2) is 6.60. The third-order valence-corrected chi connectivity index (χ3v) is 3.55. The molecule has 2 aromatic carbocycles. The molecule has 0 spiro atoms. The fourth-order valence-corrected chi connectivity index (χ4v) is 2.45. The van der Waals surface area contributed by atoms with Gasteiger partial charge < -0.3 is 5.32 Å². The third-order valence-electron chi connectivity index (χ3n) is 3.55. The van der Waals surface area contributed by atoms with Crippen LogP contribution in [0.4, 0.5) is 11.4 Å². The van der Waals surface area contributed by atoms with Crippen LogP contribution in [-0.4, -0.2) is 10.8 Å². The molecule has 0 fully saturated rings. The Morgan fingerprint density at radius 2 is 1.70 bits per heavy atom. The van der Waals surface area contributed by atoms with E-state index in [9.17, 15) is 14.9 Å². The first kappa shape index (κ1) is 16.7. The van der Waals surface area contributed by atoms with E-state index >= 15 is 0 Å². The predicted molar refractivity (Wildman–Crippen MR) is 90.6 cm³/mol. The lowest BCUT2D eigenvalue weighted by Crippen LogP contribution is -2.20. The Kier molecular flexibility index (Phi) is 4.79. The minimum absolute atomic E-state index is 0.0321. The van der Waals surface area contributed by atoms with Crippen LogP contribution >= 0.6 is 0 Å². The fraction of sp³-hybridized carbons (Fsp3) is 0.278. The Morgan fingerprint density at radius 1 is 1.09 bits per heavy atom. The number of benzene rings is 2. The topological polar surface area (TPSA) is 72.2 Å². The maximum absolute atomic E-state index is 12.3. The van der Waals surface area contributed by atoms with Crippen LogP contribution in [0.15, 0.2) is 48.5 Å². The minimum atomic E-state index is -0.467. The van der Waals surface area contributed by atoms with Crippen molar-refractivity contribution in [3.8, 4) is 0 Å². The molecule has 5 heteroatoms. The number of amides is 1. The predicted octanol–water partition coefficient (Wildman–Crippen LogP) is 4.07. The van der Waals surface area contributed by atoms with Crippen LogP contribution in [0.5, 0.6) is 0 Å². The number of hydrogen-bond acceptors (Lipinski definition) is 3. The van der Waals surface area contributed by atoms with Crippen molar-refractivity contribution >= 4 is 17.3 Å². The molecule has 0 unspecified atom stereocenters. The molecule has 0 atom stereocenters. The van der Waals surface area contributed by atoms with Crippen molar-refractivity contribution in [1.29, 1.82) is 0 Å². The number of nitro benzene ring substituents is 1. The fourth-order valence-electron chi connectivity index (χ4n) is 2.45. The van der Waals surface area contributed by atoms with Crippen molar-refractivity contribution in [2.24, 2.45) is 0 Å². The summed E-state index contributed by atoms with van der Waals surface area (Å²) >= 11 is 0. The lowest BCUT2D eigenvalue weighted by Gasteiger charge is -2.23. The van der Waals surface area contributed by atoms with Crippen molar-refractivity contribution < 1.29 is 9.72 Å². The van der Waals surface area contributed by atoms with Gasteiger partial charge in [-0.05, 0) is 17.0 Å². The lowest BCUT2D eigenvalue weighted by molar-refractivity contribution is -0.385. The van der Waals surface area contributed by atoms with E-state index in [2.05, 4.69) is 26.1 Å². The molecule has 1 amide bonds. The van der Waals surface area contributed by atoms with E-state index in [-0.39, 0.29) is 23.4 Å². The van der Waals surface area contributed by atoms with Crippen LogP contribution in [0.3, 0.4) is 0 Å². The second-order valence-electron chi connectivity index (χ2n) is 6.41. The summed E-state index contributed by atoms with van der Waals surface area (Å²) < 4.78 is 0. The second-order valence-corrected chi connectivity index (χ2v) is 6.41. The number of hydrogen-bond donors (Lipinski definition) is 1. The highest BCUT2D eigenvalue weighted by molar-refractivity contribution is 5.93. The highest BCUT2D eigenvalue weighted by Crippen LogP contribution is 2.29. The smallest absolute Gasteiger partial charge is 0.273 e. The van der Waals surface area contributed by atoms with E-state index in [1.807, 2.05) is 24.3 Å². The average molecular weight is 312 g/mol. The van der Waals surface area contributed by atoms with E-state index < -0.39 is 4.92 Å². The van der Waals surface area contributed by atoms with Crippen molar-refractivity contribution in [3.05, 3.63) is 69.8 Å². The molecule has 1 N–H and O–H groups in total. The molecule has 0 aromatic heterocycles. The Labute approximate surface area is 135 Å². The standard InChI is InChI=1S/C18H20N2O3/c1-18(2,3)14-9-5-6-10-15(14)19-17(21)12-13-8-4-7-11-16(13)20(22)23/h4-11H,12H2,1-3H3,(H,19,21). The number of para-hydroxylation sites is 2. The summed E-state index contributed by atoms with van der Waals surface area (Å²) in [5.41, 5.74) is 2.03. The summed E-state index contributed by atoms with van der Waals surface area (Å²) in [4.78, 5) is 22.9. The molecular weight excluding hydrogens is 292 g/mol. The lowest BCUT2D eigenvalue weighted by atomic mass is 9.86. The zero-order chi connectivity index (χ0) is 17.0. The minimum Gasteiger partial charge on any atom is -0.326 e. The van der Waals surface area contributed by atoms with Gasteiger partial charge in [-0.25, -0.2) is 0 Å². The first-order chi connectivity index (χ1) is 10.8. The first-order valence-electron chi connectivity index (χ1n) is 7.40. The van der Waals surface area contributed by atoms with Gasteiger partial charge in [-0.15, -0.1) is 0 Å². The van der Waals surface area contributed by atoms with Gasteiger partial charge in [0.05, 0.1) is 11.3 Å². The van der Waals surface area contributed by atoms with E-state index in [1.165, 1.54) is 6.07 Å². The van der Waals surface area contributed by atoms with Gasteiger partial charge >= 0.3 is 0 Å². The summed E-state index contributed by atoms with van der Waals surface area (Å²) in [7, 11) is 0. The Morgan fingerprint density at radius 3 is 2.35 bits per heavy atom. The SMILES string of the molecule is CC(C)(C)c1ccccc1NC(=O)Cc1ccccc1[N+](=O)[O-]. The molecule has 0 saturated carbocycles. The van der Waals surface area contributed by atoms with Gasteiger partial charge in [-0.1, -0.05) is 57.2 Å². The summed E-state index contributed by atoms with van der Waals surface area (Å²) in [5.74, 6) is -0.268. The van der Waals surface area contributed by atoms with E-state index in [0.29, 0.717) is 5.56 Å². The maximum atomic E-state index is 12.3.